The fourth-order valence-electron chi connectivity index (χ4n) is 11.3. The predicted molar refractivity (Wildman–Crippen MR) is 242 cm³/mol. The molecule has 0 saturated heterocycles. The van der Waals surface area contributed by atoms with Gasteiger partial charge in [0.05, 0.1) is 11.6 Å². The second-order valence-electron chi connectivity index (χ2n) is 17.6. The quantitative estimate of drug-likeness (QED) is 0.154. The van der Waals surface area contributed by atoms with Crippen LogP contribution in [0.5, 0.6) is 0 Å². The average Bonchev–Trinajstić information content (AvgIpc) is 3.32. The number of nitriles is 1. The van der Waals surface area contributed by atoms with Gasteiger partial charge in [0, 0.05) is 16.7 Å². The van der Waals surface area contributed by atoms with E-state index in [0.717, 1.165) is 39.7 Å². The molecular formula is C56H44N4. The van der Waals surface area contributed by atoms with E-state index in [0.29, 0.717) is 23.0 Å². The monoisotopic (exact) mass is 772 g/mol. The smallest absolute Gasteiger partial charge is 0.164 e. The van der Waals surface area contributed by atoms with E-state index in [1.807, 2.05) is 78.9 Å². The zero-order valence-electron chi connectivity index (χ0n) is 33.5. The molecular weight excluding hydrogens is 729 g/mol. The first-order valence-electron chi connectivity index (χ1n) is 21.3. The molecule has 0 aliphatic heterocycles. The molecule has 0 N–H and O–H groups in total. The number of hydrogen-bond donors (Lipinski definition) is 0. The van der Waals surface area contributed by atoms with E-state index < -0.39 is 0 Å². The zero-order valence-corrected chi connectivity index (χ0v) is 33.5. The number of nitrogens with zero attached hydrogens (tertiary/aromatic N) is 4. The molecule has 8 aromatic rings. The lowest BCUT2D eigenvalue weighted by atomic mass is 9.41. The Kier molecular flexibility index (Phi) is 8.85. The average molecular weight is 773 g/mol. The summed E-state index contributed by atoms with van der Waals surface area (Å²) in [6.45, 7) is 0. The lowest BCUT2D eigenvalue weighted by molar-refractivity contribution is -0.0281. The van der Waals surface area contributed by atoms with Crippen molar-refractivity contribution in [3.05, 3.63) is 199 Å². The summed E-state index contributed by atoms with van der Waals surface area (Å²) in [5, 5.41) is 9.43. The molecule has 7 aromatic carbocycles. The number of hydrogen-bond acceptors (Lipinski definition) is 4. The standard InChI is InChI=1S/C56H44N4/c57-36-38-8-7-13-49(31-38)45-24-28-51(29-25-45)56-34-39-30-40(35-56)33-55(32-39,37-56)50-26-22-44(23-27-50)42-16-14-41(15-17-42)43-18-20-48(21-19-43)54-59-52(46-9-3-1-4-10-46)58-53(60-54)47-11-5-2-6-12-47/h1-29,31,39-40H,30,32-35,37H2. The molecule has 4 saturated carbocycles. The first-order chi connectivity index (χ1) is 29.5. The van der Waals surface area contributed by atoms with Gasteiger partial charge in [0.25, 0.3) is 0 Å². The number of benzene rings is 7. The van der Waals surface area contributed by atoms with Gasteiger partial charge in [0.15, 0.2) is 17.5 Å². The van der Waals surface area contributed by atoms with Crippen LogP contribution in [0.1, 0.15) is 55.2 Å². The highest BCUT2D eigenvalue weighted by Gasteiger charge is 2.58. The summed E-state index contributed by atoms with van der Waals surface area (Å²) in [6, 6.07) is 66.9. The molecule has 0 radical (unpaired) electrons. The van der Waals surface area contributed by atoms with Crippen molar-refractivity contribution in [2.75, 3.05) is 0 Å². The Morgan fingerprint density at radius 3 is 1.15 bits per heavy atom. The van der Waals surface area contributed by atoms with E-state index in [-0.39, 0.29) is 10.8 Å². The summed E-state index contributed by atoms with van der Waals surface area (Å²) >= 11 is 0. The fourth-order valence-corrected chi connectivity index (χ4v) is 11.3. The summed E-state index contributed by atoms with van der Waals surface area (Å²) in [5.74, 6) is 3.56. The van der Waals surface area contributed by atoms with Crippen molar-refractivity contribution in [2.24, 2.45) is 11.8 Å². The van der Waals surface area contributed by atoms with Crippen LogP contribution in [0.25, 0.3) is 67.5 Å². The Bertz CT molecular complexity index is 2790. The van der Waals surface area contributed by atoms with Crippen molar-refractivity contribution in [2.45, 2.75) is 49.4 Å². The van der Waals surface area contributed by atoms with Gasteiger partial charge in [0.2, 0.25) is 0 Å². The Hall–Kier alpha value is -6.96. The van der Waals surface area contributed by atoms with Crippen LogP contribution in [-0.4, -0.2) is 15.0 Å². The van der Waals surface area contributed by atoms with E-state index in [1.54, 1.807) is 0 Å². The maximum absolute atomic E-state index is 9.43. The van der Waals surface area contributed by atoms with Gasteiger partial charge in [0.1, 0.15) is 0 Å². The summed E-state index contributed by atoms with van der Waals surface area (Å²) in [5.41, 5.74) is 14.2. The first-order valence-corrected chi connectivity index (χ1v) is 21.3. The number of aromatic nitrogens is 3. The van der Waals surface area contributed by atoms with E-state index in [4.69, 9.17) is 15.0 Å². The topological polar surface area (TPSA) is 62.5 Å². The zero-order chi connectivity index (χ0) is 40.1. The number of rotatable bonds is 8. The van der Waals surface area contributed by atoms with E-state index in [1.165, 1.54) is 71.9 Å². The van der Waals surface area contributed by atoms with Gasteiger partial charge >= 0.3 is 0 Å². The van der Waals surface area contributed by atoms with Crippen LogP contribution in [0.2, 0.25) is 0 Å². The van der Waals surface area contributed by atoms with Crippen LogP contribution in [0.3, 0.4) is 0 Å². The van der Waals surface area contributed by atoms with Gasteiger partial charge in [-0.05, 0) is 118 Å². The van der Waals surface area contributed by atoms with Crippen LogP contribution in [0.15, 0.2) is 182 Å². The fraction of sp³-hybridized carbons (Fsp3) is 0.179. The highest BCUT2D eigenvalue weighted by molar-refractivity contribution is 5.73. The summed E-state index contributed by atoms with van der Waals surface area (Å²) in [4.78, 5) is 14.7. The molecule has 4 fully saturated rings. The van der Waals surface area contributed by atoms with Gasteiger partial charge in [-0.3, -0.25) is 0 Å². The van der Waals surface area contributed by atoms with Crippen LogP contribution >= 0.6 is 0 Å². The highest BCUT2D eigenvalue weighted by atomic mass is 15.0. The largest absolute Gasteiger partial charge is 0.208 e. The predicted octanol–water partition coefficient (Wildman–Crippen LogP) is 13.5. The van der Waals surface area contributed by atoms with Crippen LogP contribution in [-0.2, 0) is 10.8 Å². The second kappa shape index (κ2) is 14.7. The molecule has 4 nitrogen and oxygen atoms in total. The lowest BCUT2D eigenvalue weighted by Gasteiger charge is -2.63. The van der Waals surface area contributed by atoms with E-state index in [2.05, 4.69) is 109 Å². The molecule has 60 heavy (non-hydrogen) atoms. The van der Waals surface area contributed by atoms with Crippen molar-refractivity contribution in [3.63, 3.8) is 0 Å². The van der Waals surface area contributed by atoms with Crippen molar-refractivity contribution in [3.8, 4) is 73.6 Å². The molecule has 2 unspecified atom stereocenters. The summed E-state index contributed by atoms with van der Waals surface area (Å²) in [6.07, 6.45) is 7.86. The molecule has 4 heteroatoms. The van der Waals surface area contributed by atoms with Crippen LogP contribution < -0.4 is 0 Å². The molecule has 12 rings (SSSR count). The molecule has 288 valence electrons. The van der Waals surface area contributed by atoms with Crippen molar-refractivity contribution >= 4 is 0 Å². The SMILES string of the molecule is N#Cc1cccc(-c2ccc(C34CC5CC(CC(c6ccc(-c7ccc(-c8ccc(-c9nc(-c%10ccccc%10)nc(-c%10ccccc%10)n9)cc8)cc7)cc6)(C5)C3)C4)cc2)c1. The second-order valence-corrected chi connectivity index (χ2v) is 17.6. The maximum Gasteiger partial charge on any atom is 0.164 e. The minimum absolute atomic E-state index is 0.241. The third-order valence-corrected chi connectivity index (χ3v) is 13.8. The van der Waals surface area contributed by atoms with Gasteiger partial charge in [-0.25, -0.2) is 15.0 Å². The maximum atomic E-state index is 9.43. The lowest BCUT2D eigenvalue weighted by Crippen LogP contribution is -2.55. The summed E-state index contributed by atoms with van der Waals surface area (Å²) in [7, 11) is 0. The van der Waals surface area contributed by atoms with Gasteiger partial charge in [-0.2, -0.15) is 5.26 Å². The molecule has 4 bridgehead atoms. The molecule has 1 aromatic heterocycles. The molecule has 2 atom stereocenters. The Balaban J connectivity index is 0.817. The van der Waals surface area contributed by atoms with Gasteiger partial charge in [-0.1, -0.05) is 170 Å². The van der Waals surface area contributed by atoms with Crippen molar-refractivity contribution in [1.82, 2.24) is 15.0 Å². The molecule has 1 heterocycles. The molecule has 4 aliphatic rings. The normalized spacial score (nSPS) is 21.4. The van der Waals surface area contributed by atoms with Crippen molar-refractivity contribution < 1.29 is 0 Å². The molecule has 0 spiro atoms. The molecule has 4 aliphatic carbocycles. The third-order valence-electron chi connectivity index (χ3n) is 13.8. The molecule has 0 amide bonds. The Morgan fingerprint density at radius 2 is 0.733 bits per heavy atom. The minimum atomic E-state index is 0.241. The van der Waals surface area contributed by atoms with Gasteiger partial charge < -0.3 is 0 Å². The minimum Gasteiger partial charge on any atom is -0.208 e. The first kappa shape index (κ1) is 36.1. The van der Waals surface area contributed by atoms with Crippen LogP contribution in [0.4, 0.5) is 0 Å². The van der Waals surface area contributed by atoms with E-state index >= 15 is 0 Å². The van der Waals surface area contributed by atoms with Crippen LogP contribution in [0, 0.1) is 23.2 Å². The third kappa shape index (κ3) is 6.61. The Morgan fingerprint density at radius 1 is 0.383 bits per heavy atom. The highest BCUT2D eigenvalue weighted by Crippen LogP contribution is 2.66. The van der Waals surface area contributed by atoms with Crippen molar-refractivity contribution in [1.29, 1.82) is 5.26 Å². The van der Waals surface area contributed by atoms with Gasteiger partial charge in [-0.15, -0.1) is 0 Å². The summed E-state index contributed by atoms with van der Waals surface area (Å²) < 4.78 is 0. The van der Waals surface area contributed by atoms with E-state index in [9.17, 15) is 5.26 Å². The Labute approximate surface area is 352 Å².